The van der Waals surface area contributed by atoms with Gasteiger partial charge in [-0.3, -0.25) is 24.1 Å². The Morgan fingerprint density at radius 2 is 1.94 bits per heavy atom. The predicted molar refractivity (Wildman–Crippen MR) is 116 cm³/mol. The summed E-state index contributed by atoms with van der Waals surface area (Å²) in [5, 5.41) is 14.8. The van der Waals surface area contributed by atoms with Gasteiger partial charge in [-0.15, -0.1) is 0 Å². The molecular weight excluding hydrogens is 434 g/mol. The van der Waals surface area contributed by atoms with Gasteiger partial charge < -0.3 is 15.3 Å². The molecule has 0 unspecified atom stereocenters. The van der Waals surface area contributed by atoms with Crippen molar-refractivity contribution in [2.75, 3.05) is 19.1 Å². The van der Waals surface area contributed by atoms with Crippen LogP contribution in [0.15, 0.2) is 29.2 Å². The zero-order valence-electron chi connectivity index (χ0n) is 18.9. The molecule has 10 heteroatoms. The fraction of sp³-hybridized carbons (Fsp3) is 0.435. The molecule has 1 aliphatic carbocycles. The Hall–Kier alpha value is -3.43. The van der Waals surface area contributed by atoms with Gasteiger partial charge in [0.2, 0.25) is 5.43 Å². The third kappa shape index (κ3) is 3.27. The average Bonchev–Trinajstić information content (AvgIpc) is 3.07. The number of nitrogens with zero attached hydrogens (tertiary/aromatic N) is 3. The van der Waals surface area contributed by atoms with E-state index in [9.17, 15) is 28.3 Å². The van der Waals surface area contributed by atoms with Crippen molar-refractivity contribution in [3.05, 3.63) is 63.1 Å². The SMILES string of the molecule is C[C@H]1CC[C@@]2([C@H]1C)N(C)C(=O)c1c(O)c(=O)c(C(=O)NCc3ccc(F)cc3F)cn1N2C. The molecule has 3 atom stereocenters. The molecule has 2 aromatic rings. The Bertz CT molecular complexity index is 1210. The molecule has 2 amide bonds. The van der Waals surface area contributed by atoms with Gasteiger partial charge in [0.1, 0.15) is 22.9 Å². The number of fused-ring (bicyclic) bond motifs is 1. The number of amides is 2. The lowest BCUT2D eigenvalue weighted by atomic mass is 9.89. The Labute approximate surface area is 189 Å². The second-order valence-corrected chi connectivity index (χ2v) is 8.90. The number of hydrogen-bond acceptors (Lipinski definition) is 5. The first-order chi connectivity index (χ1) is 15.5. The van der Waals surface area contributed by atoms with E-state index in [1.165, 1.54) is 16.9 Å². The highest BCUT2D eigenvalue weighted by Crippen LogP contribution is 2.47. The van der Waals surface area contributed by atoms with E-state index >= 15 is 0 Å². The normalized spacial score (nSPS) is 24.4. The van der Waals surface area contributed by atoms with Crippen molar-refractivity contribution in [3.63, 3.8) is 0 Å². The van der Waals surface area contributed by atoms with E-state index in [2.05, 4.69) is 19.2 Å². The quantitative estimate of drug-likeness (QED) is 0.732. The summed E-state index contributed by atoms with van der Waals surface area (Å²) < 4.78 is 28.4. The molecule has 4 rings (SSSR count). The summed E-state index contributed by atoms with van der Waals surface area (Å²) in [6, 6.07) is 2.95. The number of halogens is 2. The Kier molecular flexibility index (Phi) is 5.42. The summed E-state index contributed by atoms with van der Waals surface area (Å²) in [6.45, 7) is 3.87. The maximum Gasteiger partial charge on any atom is 0.278 e. The van der Waals surface area contributed by atoms with Crippen LogP contribution < -0.4 is 15.8 Å². The van der Waals surface area contributed by atoms with Crippen LogP contribution in [0.25, 0.3) is 0 Å². The minimum absolute atomic E-state index is 0.0358. The molecule has 2 aliphatic rings. The summed E-state index contributed by atoms with van der Waals surface area (Å²) in [6.07, 6.45) is 2.81. The van der Waals surface area contributed by atoms with Crippen LogP contribution in [0.5, 0.6) is 5.75 Å². The lowest BCUT2D eigenvalue weighted by Crippen LogP contribution is -2.69. The molecule has 1 aromatic heterocycles. The molecule has 1 aliphatic heterocycles. The molecule has 0 radical (unpaired) electrons. The molecule has 0 bridgehead atoms. The molecule has 1 aromatic carbocycles. The predicted octanol–water partition coefficient (Wildman–Crippen LogP) is 2.18. The van der Waals surface area contributed by atoms with Crippen LogP contribution >= 0.6 is 0 Å². The first kappa shape index (κ1) is 22.8. The monoisotopic (exact) mass is 460 g/mol. The summed E-state index contributed by atoms with van der Waals surface area (Å²) in [7, 11) is 3.40. The van der Waals surface area contributed by atoms with Crippen LogP contribution in [0.1, 0.15) is 53.1 Å². The van der Waals surface area contributed by atoms with Gasteiger partial charge in [-0.2, -0.15) is 0 Å². The van der Waals surface area contributed by atoms with Crippen molar-refractivity contribution < 1.29 is 23.5 Å². The maximum atomic E-state index is 13.9. The molecule has 33 heavy (non-hydrogen) atoms. The number of carbonyl (C=O) groups is 2. The Balaban J connectivity index is 1.73. The number of aromatic hydroxyl groups is 1. The van der Waals surface area contributed by atoms with Crippen molar-refractivity contribution >= 4 is 11.8 Å². The van der Waals surface area contributed by atoms with Crippen molar-refractivity contribution in [3.8, 4) is 5.75 Å². The molecule has 2 heterocycles. The van der Waals surface area contributed by atoms with E-state index in [4.69, 9.17) is 0 Å². The second kappa shape index (κ2) is 7.86. The van der Waals surface area contributed by atoms with Gasteiger partial charge in [-0.1, -0.05) is 19.9 Å². The number of rotatable bonds is 3. The van der Waals surface area contributed by atoms with Crippen molar-refractivity contribution in [1.82, 2.24) is 14.9 Å². The van der Waals surface area contributed by atoms with Crippen molar-refractivity contribution in [2.24, 2.45) is 11.8 Å². The Morgan fingerprint density at radius 3 is 2.55 bits per heavy atom. The molecule has 1 fully saturated rings. The highest BCUT2D eigenvalue weighted by molar-refractivity contribution is 5.99. The number of benzene rings is 1. The van der Waals surface area contributed by atoms with Crippen LogP contribution in [-0.4, -0.2) is 46.3 Å². The topological polar surface area (TPSA) is 94.9 Å². The average molecular weight is 460 g/mol. The summed E-state index contributed by atoms with van der Waals surface area (Å²) >= 11 is 0. The minimum Gasteiger partial charge on any atom is -0.502 e. The summed E-state index contributed by atoms with van der Waals surface area (Å²) in [5.41, 5.74) is -2.26. The fourth-order valence-electron chi connectivity index (χ4n) is 5.16. The van der Waals surface area contributed by atoms with Crippen LogP contribution in [-0.2, 0) is 6.54 Å². The van der Waals surface area contributed by atoms with Gasteiger partial charge in [0, 0.05) is 44.4 Å². The zero-order chi connectivity index (χ0) is 24.2. The van der Waals surface area contributed by atoms with E-state index < -0.39 is 45.9 Å². The number of pyridine rings is 1. The molecule has 1 saturated carbocycles. The molecule has 2 N–H and O–H groups in total. The standard InChI is InChI=1S/C23H26F2N4O4/c1-12-7-8-23(13(12)2)27(3)22(33)18-20(31)19(30)16(11-29(18)28(23)4)21(32)26-10-14-5-6-15(24)9-17(14)25/h5-6,9,11-13,31H,7-8,10H2,1-4H3,(H,26,32)/t12-,13-,23+/m0/s1. The van der Waals surface area contributed by atoms with Gasteiger partial charge in [0.05, 0.1) is 0 Å². The molecule has 176 valence electrons. The van der Waals surface area contributed by atoms with Crippen LogP contribution in [0.4, 0.5) is 8.78 Å². The lowest BCUT2D eigenvalue weighted by Gasteiger charge is -2.54. The van der Waals surface area contributed by atoms with Crippen molar-refractivity contribution in [1.29, 1.82) is 0 Å². The van der Waals surface area contributed by atoms with E-state index in [1.807, 2.05) is 0 Å². The van der Waals surface area contributed by atoms with E-state index in [1.54, 1.807) is 24.0 Å². The number of nitrogens with one attached hydrogen (secondary N) is 1. The Morgan fingerprint density at radius 1 is 1.24 bits per heavy atom. The third-order valence-electron chi connectivity index (χ3n) is 7.39. The van der Waals surface area contributed by atoms with E-state index in [-0.39, 0.29) is 23.7 Å². The minimum atomic E-state index is -1.00. The molecule has 8 nitrogen and oxygen atoms in total. The number of hydrogen-bond donors (Lipinski definition) is 2. The van der Waals surface area contributed by atoms with Gasteiger partial charge in [0.15, 0.2) is 11.4 Å². The smallest absolute Gasteiger partial charge is 0.278 e. The van der Waals surface area contributed by atoms with E-state index in [0.29, 0.717) is 18.4 Å². The third-order valence-corrected chi connectivity index (χ3v) is 7.39. The van der Waals surface area contributed by atoms with Gasteiger partial charge in [-0.25, -0.2) is 8.78 Å². The van der Waals surface area contributed by atoms with Gasteiger partial charge >= 0.3 is 0 Å². The van der Waals surface area contributed by atoms with Gasteiger partial charge in [-0.05, 0) is 24.8 Å². The van der Waals surface area contributed by atoms with E-state index in [0.717, 1.165) is 12.5 Å². The number of aromatic nitrogens is 1. The highest BCUT2D eigenvalue weighted by atomic mass is 19.1. The molecule has 1 spiro atoms. The first-order valence-electron chi connectivity index (χ1n) is 10.7. The molecule has 0 saturated heterocycles. The molecular formula is C23H26F2N4O4. The van der Waals surface area contributed by atoms with Gasteiger partial charge in [0.25, 0.3) is 11.8 Å². The van der Waals surface area contributed by atoms with Crippen LogP contribution in [0.2, 0.25) is 0 Å². The van der Waals surface area contributed by atoms with Crippen LogP contribution in [0, 0.1) is 23.5 Å². The maximum absolute atomic E-state index is 13.9. The zero-order valence-corrected chi connectivity index (χ0v) is 18.9. The fourth-order valence-corrected chi connectivity index (χ4v) is 5.16. The van der Waals surface area contributed by atoms with Crippen molar-refractivity contribution in [2.45, 2.75) is 38.9 Å². The lowest BCUT2D eigenvalue weighted by molar-refractivity contribution is 0.0230. The number of carbonyl (C=O) groups excluding carboxylic acids is 2. The second-order valence-electron chi connectivity index (χ2n) is 8.90. The largest absolute Gasteiger partial charge is 0.502 e. The summed E-state index contributed by atoms with van der Waals surface area (Å²) in [4.78, 5) is 40.3. The highest BCUT2D eigenvalue weighted by Gasteiger charge is 2.55. The summed E-state index contributed by atoms with van der Waals surface area (Å²) in [5.74, 6) is -3.34. The van der Waals surface area contributed by atoms with Crippen LogP contribution in [0.3, 0.4) is 0 Å². The first-order valence-corrected chi connectivity index (χ1v) is 10.7.